The van der Waals surface area contributed by atoms with Gasteiger partial charge < -0.3 is 5.73 Å². The van der Waals surface area contributed by atoms with Crippen LogP contribution in [-0.4, -0.2) is 12.3 Å². The van der Waals surface area contributed by atoms with Crippen molar-refractivity contribution < 1.29 is 6.17 Å². The summed E-state index contributed by atoms with van der Waals surface area (Å²) >= 11 is 0. The zero-order chi connectivity index (χ0) is 10.1. The third-order valence-corrected chi connectivity index (χ3v) is 1.28. The van der Waals surface area contributed by atoms with Crippen LogP contribution in [0.5, 0.6) is 0 Å². The van der Waals surface area contributed by atoms with Gasteiger partial charge in [-0.15, -0.1) is 12.8 Å². The number of hydrogen-bond acceptors (Lipinski definition) is 2. The minimum Gasteiger partial charge on any atom is -0.324 e. The fourth-order valence-corrected chi connectivity index (χ4v) is 0.742. The predicted octanol–water partition coefficient (Wildman–Crippen LogP) is 1.08. The van der Waals surface area contributed by atoms with Crippen LogP contribution in [0, 0.1) is 12.8 Å². The first-order chi connectivity index (χ1) is 6.26. The molecule has 0 fully saturated rings. The molecule has 0 bridgehead atoms. The Kier molecular flexibility index (Phi) is 4.35. The average Bonchev–Trinajstić information content (AvgIpc) is 2.19. The molecular weight excluding hydrogens is 150 g/mol. The fraction of sp³-hybridized carbons (Fsp3) is 0.100. The van der Waals surface area contributed by atoms with Crippen molar-refractivity contribution in [2.75, 3.05) is 6.54 Å². The van der Waals surface area contributed by atoms with Crippen molar-refractivity contribution >= 4 is 5.78 Å². The Morgan fingerprint density at radius 2 is 2.00 bits per heavy atom. The number of carbonyl (C=O) groups excluding carboxylic acids is 1. The maximum Gasteiger partial charge on any atom is 0.176 e. The molecule has 0 unspecified atom stereocenters. The summed E-state index contributed by atoms with van der Waals surface area (Å²) in [6.07, 6.45) is 5.76. The minimum absolute atomic E-state index is 0.0133. The van der Waals surface area contributed by atoms with Crippen LogP contribution in [0.25, 0.3) is 0 Å². The summed E-state index contributed by atoms with van der Waals surface area (Å²) in [6.45, 7) is 0.0873. The molecule has 0 heterocycles. The molecule has 2 nitrogen and oxygen atoms in total. The molecule has 0 aliphatic rings. The zero-order valence-corrected chi connectivity index (χ0v) is 6.66. The van der Waals surface area contributed by atoms with Crippen molar-refractivity contribution in [2.24, 2.45) is 5.73 Å². The Hall–Kier alpha value is -1.59. The minimum atomic E-state index is -0.0133. The molecule has 1 aromatic rings. The average molecular weight is 162 g/mol. The normalized spacial score (nSPS) is 8.50. The van der Waals surface area contributed by atoms with Crippen LogP contribution in [0.4, 0.5) is 0 Å². The largest absolute Gasteiger partial charge is 0.324 e. The van der Waals surface area contributed by atoms with Crippen molar-refractivity contribution in [2.45, 2.75) is 0 Å². The Labute approximate surface area is 73.8 Å². The number of benzene rings is 1. The van der Waals surface area contributed by atoms with Crippen LogP contribution in [0.15, 0.2) is 30.3 Å². The Bertz CT molecular complexity index is 290. The lowest BCUT2D eigenvalue weighted by Gasteiger charge is -1.93. The fourth-order valence-electron chi connectivity index (χ4n) is 0.742. The van der Waals surface area contributed by atoms with E-state index in [2.05, 4.69) is 6.42 Å². The van der Waals surface area contributed by atoms with Gasteiger partial charge in [-0.2, -0.15) is 0 Å². The molecule has 0 atom stereocenters. The number of rotatable bonds is 2. The lowest BCUT2D eigenvalue weighted by Crippen LogP contribution is -2.12. The molecule has 0 amide bonds. The van der Waals surface area contributed by atoms with E-state index in [4.69, 9.17) is 7.10 Å². The quantitative estimate of drug-likeness (QED) is 0.522. The molecule has 12 heavy (non-hydrogen) atoms. The molecule has 62 valence electrons. The van der Waals surface area contributed by atoms with E-state index in [1.165, 1.54) is 6.40 Å². The molecule has 0 saturated carbocycles. The van der Waals surface area contributed by atoms with Crippen molar-refractivity contribution in [3.63, 3.8) is 0 Å². The Balaban J connectivity index is 0.000000424. The molecule has 0 saturated heterocycles. The zero-order valence-electron chi connectivity index (χ0n) is 7.66. The molecule has 1 aromatic carbocycles. The first-order valence-electron chi connectivity index (χ1n) is 3.92. The van der Waals surface area contributed by atoms with Gasteiger partial charge in [0.05, 0.1) is 6.54 Å². The van der Waals surface area contributed by atoms with Crippen LogP contribution in [0.2, 0.25) is 0 Å². The molecular formula is C10H11NO. The molecule has 0 spiro atoms. The second kappa shape index (κ2) is 6.14. The van der Waals surface area contributed by atoms with E-state index in [9.17, 15) is 4.79 Å². The van der Waals surface area contributed by atoms with Gasteiger partial charge in [-0.05, 0) is 0 Å². The molecule has 2 heteroatoms. The summed E-state index contributed by atoms with van der Waals surface area (Å²) < 4.78 is 5.74. The second-order valence-electron chi connectivity index (χ2n) is 1.99. The number of nitrogens with two attached hydrogens (primary N) is 1. The smallest absolute Gasteiger partial charge is 0.176 e. The highest BCUT2D eigenvalue weighted by atomic mass is 16.1. The number of ketones is 1. The maximum absolute atomic E-state index is 10.9. The van der Waals surface area contributed by atoms with E-state index in [0.717, 1.165) is 0 Å². The van der Waals surface area contributed by atoms with Gasteiger partial charge in [-0.3, -0.25) is 4.79 Å². The third kappa shape index (κ3) is 3.00. The van der Waals surface area contributed by atoms with Gasteiger partial charge in [0.25, 0.3) is 0 Å². The second-order valence-corrected chi connectivity index (χ2v) is 1.99. The van der Waals surface area contributed by atoms with E-state index < -0.39 is 0 Å². The monoisotopic (exact) mass is 162 g/mol. The molecule has 0 radical (unpaired) electrons. The van der Waals surface area contributed by atoms with Crippen molar-refractivity contribution in [3.05, 3.63) is 35.9 Å². The van der Waals surface area contributed by atoms with E-state index in [-0.39, 0.29) is 12.3 Å². The summed E-state index contributed by atoms with van der Waals surface area (Å²) in [6, 6.07) is 9.03. The van der Waals surface area contributed by atoms with Gasteiger partial charge in [0.15, 0.2) is 5.78 Å². The van der Waals surface area contributed by atoms with Crippen LogP contribution in [0.3, 0.4) is 0 Å². The predicted molar refractivity (Wildman–Crippen MR) is 49.7 cm³/mol. The summed E-state index contributed by atoms with van der Waals surface area (Å²) in [4.78, 5) is 10.9. The Morgan fingerprint density at radius 3 is 2.42 bits per heavy atom. The molecule has 0 aromatic heterocycles. The topological polar surface area (TPSA) is 43.1 Å². The standard InChI is InChI=1S/C8H9NO.C2H2/c9-6-8(10)7-4-2-1-3-5-7;1-2/h1-5H,6,9H2;1-2H/i;1D. The lowest BCUT2D eigenvalue weighted by atomic mass is 10.1. The first kappa shape index (κ1) is 8.51. The summed E-state index contributed by atoms with van der Waals surface area (Å²) in [5.74, 6) is -0.0133. The summed E-state index contributed by atoms with van der Waals surface area (Å²) in [5, 5.41) is 0. The number of Topliss-reactive ketones (excluding diaryl/α,β-unsaturated/α-hetero) is 1. The lowest BCUT2D eigenvalue weighted by molar-refractivity contribution is 0.100. The van der Waals surface area contributed by atoms with Gasteiger partial charge in [0.2, 0.25) is 0 Å². The maximum atomic E-state index is 10.9. The molecule has 1 rings (SSSR count). The van der Waals surface area contributed by atoms with E-state index >= 15 is 0 Å². The molecule has 0 aliphatic carbocycles. The summed E-state index contributed by atoms with van der Waals surface area (Å²) in [7, 11) is 0. The van der Waals surface area contributed by atoms with Crippen molar-refractivity contribution in [1.29, 1.82) is 0 Å². The summed E-state index contributed by atoms with van der Waals surface area (Å²) in [5.41, 5.74) is 5.84. The van der Waals surface area contributed by atoms with Gasteiger partial charge in [-0.1, -0.05) is 30.3 Å². The van der Waals surface area contributed by atoms with E-state index in [0.29, 0.717) is 5.56 Å². The van der Waals surface area contributed by atoms with Crippen LogP contribution < -0.4 is 5.73 Å². The number of carbonyl (C=O) groups is 1. The van der Waals surface area contributed by atoms with Gasteiger partial charge in [0, 0.05) is 5.56 Å². The Morgan fingerprint density at radius 1 is 1.50 bits per heavy atom. The molecule has 0 aliphatic heterocycles. The van der Waals surface area contributed by atoms with Gasteiger partial charge in [-0.25, -0.2) is 0 Å². The highest BCUT2D eigenvalue weighted by Crippen LogP contribution is 1.97. The number of terminal acetylenes is 1. The molecule has 2 N–H and O–H groups in total. The highest BCUT2D eigenvalue weighted by Gasteiger charge is 1.98. The first-order valence-corrected chi connectivity index (χ1v) is 3.42. The SMILES string of the molecule is NCC(=O)c1ccccc1.[2H]C#C. The van der Waals surface area contributed by atoms with Crippen LogP contribution in [-0.2, 0) is 0 Å². The van der Waals surface area contributed by atoms with Crippen molar-refractivity contribution in [1.82, 2.24) is 0 Å². The highest BCUT2D eigenvalue weighted by molar-refractivity contribution is 5.97. The van der Waals surface area contributed by atoms with Crippen LogP contribution >= 0.6 is 0 Å². The number of hydrogen-bond donors (Lipinski definition) is 1. The van der Waals surface area contributed by atoms with E-state index in [1.807, 2.05) is 18.2 Å². The third-order valence-electron chi connectivity index (χ3n) is 1.28. The van der Waals surface area contributed by atoms with Crippen LogP contribution in [0.1, 0.15) is 11.7 Å². The van der Waals surface area contributed by atoms with Gasteiger partial charge in [0.1, 0.15) is 1.37 Å². The van der Waals surface area contributed by atoms with Crippen molar-refractivity contribution in [3.8, 4) is 12.8 Å². The van der Waals surface area contributed by atoms with Gasteiger partial charge >= 0.3 is 0 Å². The van der Waals surface area contributed by atoms with E-state index in [1.54, 1.807) is 12.1 Å².